The van der Waals surface area contributed by atoms with Crippen LogP contribution in [0.1, 0.15) is 29.9 Å². The predicted molar refractivity (Wildman–Crippen MR) is 141 cm³/mol. The summed E-state index contributed by atoms with van der Waals surface area (Å²) in [5, 5.41) is 18.8. The molecule has 0 bridgehead atoms. The molecule has 1 saturated heterocycles. The van der Waals surface area contributed by atoms with Crippen molar-refractivity contribution in [3.05, 3.63) is 84.2 Å². The van der Waals surface area contributed by atoms with Crippen molar-refractivity contribution in [2.45, 2.75) is 31.3 Å². The SMILES string of the molecule is O=C(NCc1ccccc1)N1CCCC(N2CC(c3ccc4[nH]nc(-c5ccncc5)c4c3)C=N2)C1. The lowest BCUT2D eigenvalue weighted by Gasteiger charge is -2.37. The van der Waals surface area contributed by atoms with Crippen molar-refractivity contribution < 1.29 is 4.79 Å². The first kappa shape index (κ1) is 22.3. The van der Waals surface area contributed by atoms with Crippen LogP contribution >= 0.6 is 0 Å². The lowest BCUT2D eigenvalue weighted by atomic mass is 9.97. The van der Waals surface area contributed by atoms with Crippen LogP contribution in [0.25, 0.3) is 22.2 Å². The van der Waals surface area contributed by atoms with Crippen molar-refractivity contribution in [1.82, 2.24) is 30.4 Å². The van der Waals surface area contributed by atoms with E-state index in [1.165, 1.54) is 5.56 Å². The maximum absolute atomic E-state index is 12.8. The molecule has 8 heteroatoms. The molecule has 2 aliphatic rings. The molecule has 2 amide bonds. The van der Waals surface area contributed by atoms with Gasteiger partial charge in [-0.15, -0.1) is 0 Å². The highest BCUT2D eigenvalue weighted by Gasteiger charge is 2.31. The molecule has 2 N–H and O–H groups in total. The Morgan fingerprint density at radius 3 is 2.78 bits per heavy atom. The minimum absolute atomic E-state index is 0.00247. The number of aromatic amines is 1. The van der Waals surface area contributed by atoms with Gasteiger partial charge in [0, 0.05) is 61.7 Å². The highest BCUT2D eigenvalue weighted by Crippen LogP contribution is 2.31. The van der Waals surface area contributed by atoms with Gasteiger partial charge in [0.1, 0.15) is 5.69 Å². The number of aromatic nitrogens is 3. The van der Waals surface area contributed by atoms with Gasteiger partial charge in [-0.1, -0.05) is 36.4 Å². The largest absolute Gasteiger partial charge is 0.334 e. The second-order valence-corrected chi connectivity index (χ2v) is 9.49. The maximum atomic E-state index is 12.8. The number of pyridine rings is 1. The fraction of sp³-hybridized carbons (Fsp3) is 0.286. The zero-order valence-corrected chi connectivity index (χ0v) is 20.0. The predicted octanol–water partition coefficient (Wildman–Crippen LogP) is 4.38. The summed E-state index contributed by atoms with van der Waals surface area (Å²) in [4.78, 5) is 18.9. The number of H-pyrrole nitrogens is 1. The number of hydrazone groups is 1. The summed E-state index contributed by atoms with van der Waals surface area (Å²) in [6.45, 7) is 2.84. The number of nitrogens with one attached hydrogen (secondary N) is 2. The normalized spacial score (nSPS) is 19.7. The van der Waals surface area contributed by atoms with Crippen molar-refractivity contribution in [3.8, 4) is 11.3 Å². The number of fused-ring (bicyclic) bond motifs is 1. The summed E-state index contributed by atoms with van der Waals surface area (Å²) in [6, 6.07) is 20.7. The number of piperidine rings is 1. The molecule has 4 aromatic rings. The van der Waals surface area contributed by atoms with Gasteiger partial charge >= 0.3 is 6.03 Å². The quantitative estimate of drug-likeness (QED) is 0.444. The van der Waals surface area contributed by atoms with E-state index in [4.69, 9.17) is 5.10 Å². The molecule has 1 fully saturated rings. The molecular weight excluding hydrogens is 450 g/mol. The molecule has 2 aliphatic heterocycles. The molecule has 0 spiro atoms. The number of urea groups is 1. The number of likely N-dealkylation sites (tertiary alicyclic amines) is 1. The number of carbonyl (C=O) groups is 1. The Bertz CT molecular complexity index is 1370. The Balaban J connectivity index is 1.11. The number of hydrogen-bond acceptors (Lipinski definition) is 5. The van der Waals surface area contributed by atoms with Gasteiger partial charge in [-0.2, -0.15) is 10.2 Å². The first-order valence-corrected chi connectivity index (χ1v) is 12.5. The minimum atomic E-state index is -0.00247. The molecule has 0 aliphatic carbocycles. The van der Waals surface area contributed by atoms with E-state index in [1.54, 1.807) is 12.4 Å². The van der Waals surface area contributed by atoms with Gasteiger partial charge in [0.15, 0.2) is 0 Å². The van der Waals surface area contributed by atoms with Crippen LogP contribution in [0, 0.1) is 0 Å². The summed E-state index contributed by atoms with van der Waals surface area (Å²) >= 11 is 0. The third-order valence-corrected chi connectivity index (χ3v) is 7.14. The van der Waals surface area contributed by atoms with E-state index >= 15 is 0 Å². The summed E-state index contributed by atoms with van der Waals surface area (Å²) in [5.41, 5.74) is 5.32. The first-order chi connectivity index (χ1) is 17.7. The van der Waals surface area contributed by atoms with Crippen LogP contribution in [0.2, 0.25) is 0 Å². The van der Waals surface area contributed by atoms with Gasteiger partial charge in [-0.05, 0) is 48.2 Å². The van der Waals surface area contributed by atoms with E-state index in [2.05, 4.69) is 43.7 Å². The van der Waals surface area contributed by atoms with Crippen LogP contribution in [-0.2, 0) is 6.54 Å². The topological polar surface area (TPSA) is 89.5 Å². The van der Waals surface area contributed by atoms with Gasteiger partial charge in [0.2, 0.25) is 0 Å². The van der Waals surface area contributed by atoms with Crippen LogP contribution in [0.4, 0.5) is 4.79 Å². The zero-order valence-electron chi connectivity index (χ0n) is 20.0. The highest BCUT2D eigenvalue weighted by atomic mass is 16.2. The Hall–Kier alpha value is -4.20. The first-order valence-electron chi connectivity index (χ1n) is 12.5. The summed E-state index contributed by atoms with van der Waals surface area (Å²) in [7, 11) is 0. The lowest BCUT2D eigenvalue weighted by molar-refractivity contribution is 0.117. The molecule has 2 atom stereocenters. The number of benzene rings is 2. The minimum Gasteiger partial charge on any atom is -0.334 e. The van der Waals surface area contributed by atoms with Crippen molar-refractivity contribution >= 4 is 23.1 Å². The lowest BCUT2D eigenvalue weighted by Crippen LogP contribution is -2.50. The van der Waals surface area contributed by atoms with Crippen molar-refractivity contribution in [2.75, 3.05) is 19.6 Å². The van der Waals surface area contributed by atoms with E-state index in [1.807, 2.05) is 53.6 Å². The number of amides is 2. The standard InChI is InChI=1S/C28H29N7O/c36-28(30-16-20-5-2-1-3-6-20)34-14-4-7-24(19-34)35-18-23(17-31-35)22-8-9-26-25(15-22)27(33-32-26)21-10-12-29-13-11-21/h1-3,5-6,8-13,15,17,23-24H,4,7,14,16,18-19H2,(H,30,36)(H,32,33). The van der Waals surface area contributed by atoms with Crippen LogP contribution in [0.15, 0.2) is 78.2 Å². The second kappa shape index (κ2) is 9.81. The Labute approximate surface area is 210 Å². The third kappa shape index (κ3) is 4.54. The number of carbonyl (C=O) groups excluding carboxylic acids is 1. The van der Waals surface area contributed by atoms with Crippen molar-refractivity contribution in [2.24, 2.45) is 5.10 Å². The highest BCUT2D eigenvalue weighted by molar-refractivity contribution is 5.93. The summed E-state index contributed by atoms with van der Waals surface area (Å²) in [6.07, 6.45) is 7.64. The molecule has 2 aromatic carbocycles. The number of hydrogen-bond donors (Lipinski definition) is 2. The van der Waals surface area contributed by atoms with Gasteiger partial charge in [0.05, 0.1) is 11.6 Å². The van der Waals surface area contributed by atoms with E-state index in [0.29, 0.717) is 13.1 Å². The van der Waals surface area contributed by atoms with Crippen molar-refractivity contribution in [3.63, 3.8) is 0 Å². The Morgan fingerprint density at radius 1 is 1.06 bits per heavy atom. The molecular formula is C28H29N7O. The summed E-state index contributed by atoms with van der Waals surface area (Å²) in [5.74, 6) is 0.205. The fourth-order valence-corrected chi connectivity index (χ4v) is 5.16. The number of nitrogens with zero attached hydrogens (tertiary/aromatic N) is 5. The maximum Gasteiger partial charge on any atom is 0.317 e. The van der Waals surface area contributed by atoms with Crippen LogP contribution < -0.4 is 5.32 Å². The fourth-order valence-electron chi connectivity index (χ4n) is 5.16. The molecule has 2 aromatic heterocycles. The van der Waals surface area contributed by atoms with E-state index in [-0.39, 0.29) is 18.0 Å². The molecule has 182 valence electrons. The average Bonchev–Trinajstić information content (AvgIpc) is 3.60. The molecule has 6 rings (SSSR count). The van der Waals surface area contributed by atoms with E-state index in [9.17, 15) is 4.79 Å². The Kier molecular flexibility index (Phi) is 6.07. The van der Waals surface area contributed by atoms with Gasteiger partial charge in [-0.3, -0.25) is 15.1 Å². The van der Waals surface area contributed by atoms with Gasteiger partial charge in [0.25, 0.3) is 0 Å². The smallest absolute Gasteiger partial charge is 0.317 e. The van der Waals surface area contributed by atoms with E-state index in [0.717, 1.165) is 53.7 Å². The molecule has 2 unspecified atom stereocenters. The third-order valence-electron chi connectivity index (χ3n) is 7.14. The molecule has 0 saturated carbocycles. The molecule has 36 heavy (non-hydrogen) atoms. The molecule has 4 heterocycles. The second-order valence-electron chi connectivity index (χ2n) is 9.49. The average molecular weight is 480 g/mol. The van der Waals surface area contributed by atoms with Gasteiger partial charge < -0.3 is 10.2 Å². The number of rotatable bonds is 5. The van der Waals surface area contributed by atoms with Crippen LogP contribution in [-0.4, -0.2) is 63.0 Å². The summed E-state index contributed by atoms with van der Waals surface area (Å²) < 4.78 is 0. The van der Waals surface area contributed by atoms with Crippen LogP contribution in [0.5, 0.6) is 0 Å². The zero-order chi connectivity index (χ0) is 24.3. The van der Waals surface area contributed by atoms with Gasteiger partial charge in [-0.25, -0.2) is 4.79 Å². The molecule has 8 nitrogen and oxygen atoms in total. The van der Waals surface area contributed by atoms with Crippen molar-refractivity contribution in [1.29, 1.82) is 0 Å². The molecule has 0 radical (unpaired) electrons. The van der Waals surface area contributed by atoms with E-state index < -0.39 is 0 Å². The monoisotopic (exact) mass is 479 g/mol. The Morgan fingerprint density at radius 2 is 1.92 bits per heavy atom. The van der Waals surface area contributed by atoms with Crippen LogP contribution in [0.3, 0.4) is 0 Å².